The van der Waals surface area contributed by atoms with Gasteiger partial charge in [-0.3, -0.25) is 4.79 Å². The van der Waals surface area contributed by atoms with Crippen LogP contribution in [0.3, 0.4) is 0 Å². The van der Waals surface area contributed by atoms with Crippen molar-refractivity contribution in [2.45, 2.75) is 57.3 Å². The second-order valence-corrected chi connectivity index (χ2v) is 8.95. The zero-order chi connectivity index (χ0) is 19.7. The number of benzene rings is 1. The topological polar surface area (TPSA) is 68.5 Å². The van der Waals surface area contributed by atoms with Crippen molar-refractivity contribution in [1.82, 2.24) is 15.0 Å². The third-order valence-corrected chi connectivity index (χ3v) is 5.88. The first kappa shape index (κ1) is 19.1. The molecule has 0 aliphatic carbocycles. The number of carbonyl (C=O) groups is 1. The lowest BCUT2D eigenvalue weighted by molar-refractivity contribution is 0.0704. The molecule has 1 aromatic heterocycles. The van der Waals surface area contributed by atoms with Gasteiger partial charge in [0.2, 0.25) is 5.89 Å². The Morgan fingerprint density at radius 2 is 1.79 bits per heavy atom. The number of likely N-dealkylation sites (tertiary alicyclic amines) is 1. The van der Waals surface area contributed by atoms with Gasteiger partial charge in [0.05, 0.1) is 6.61 Å². The van der Waals surface area contributed by atoms with Gasteiger partial charge in [0.25, 0.3) is 5.91 Å². The highest BCUT2D eigenvalue weighted by molar-refractivity contribution is 5.94. The Balaban J connectivity index is 1.35. The third kappa shape index (κ3) is 3.97. The van der Waals surface area contributed by atoms with E-state index in [1.807, 2.05) is 17.0 Å². The number of amides is 1. The van der Waals surface area contributed by atoms with Crippen LogP contribution in [0.5, 0.6) is 0 Å². The van der Waals surface area contributed by atoms with Crippen LogP contribution in [0, 0.1) is 0 Å². The van der Waals surface area contributed by atoms with Gasteiger partial charge in [-0.1, -0.05) is 38.1 Å². The van der Waals surface area contributed by atoms with Gasteiger partial charge >= 0.3 is 0 Å². The molecule has 4 rings (SSSR count). The standard InChI is InChI=1S/C22H29N3O3/c1-22(2,3)18-6-4-16(5-7-18)21(26)25-11-8-15(9-12-25)20-23-19(24-28-20)17-10-13-27-14-17/h4-7,15,17H,8-14H2,1-3H3/t17-/m1/s1. The molecular weight excluding hydrogens is 354 g/mol. The molecule has 0 unspecified atom stereocenters. The van der Waals surface area contributed by atoms with Crippen molar-refractivity contribution < 1.29 is 14.1 Å². The molecule has 150 valence electrons. The largest absolute Gasteiger partial charge is 0.381 e. The Morgan fingerprint density at radius 3 is 2.39 bits per heavy atom. The first-order valence-electron chi connectivity index (χ1n) is 10.2. The van der Waals surface area contributed by atoms with Crippen molar-refractivity contribution in [3.8, 4) is 0 Å². The molecule has 28 heavy (non-hydrogen) atoms. The van der Waals surface area contributed by atoms with Gasteiger partial charge in [0.15, 0.2) is 5.82 Å². The molecule has 2 fully saturated rings. The highest BCUT2D eigenvalue weighted by atomic mass is 16.5. The van der Waals surface area contributed by atoms with Crippen molar-refractivity contribution in [2.24, 2.45) is 0 Å². The quantitative estimate of drug-likeness (QED) is 0.804. The number of piperidine rings is 1. The Labute approximate surface area is 166 Å². The lowest BCUT2D eigenvalue weighted by atomic mass is 9.86. The molecule has 6 heteroatoms. The van der Waals surface area contributed by atoms with E-state index in [2.05, 4.69) is 43.0 Å². The van der Waals surface area contributed by atoms with Crippen LogP contribution < -0.4 is 0 Å². The van der Waals surface area contributed by atoms with Crippen LogP contribution in [0.1, 0.15) is 79.5 Å². The Hall–Kier alpha value is -2.21. The molecule has 0 radical (unpaired) electrons. The Kier molecular flexibility index (Phi) is 5.23. The maximum absolute atomic E-state index is 12.8. The van der Waals surface area contributed by atoms with E-state index >= 15 is 0 Å². The average molecular weight is 383 g/mol. The zero-order valence-corrected chi connectivity index (χ0v) is 17.0. The maximum Gasteiger partial charge on any atom is 0.253 e. The third-order valence-electron chi connectivity index (χ3n) is 5.88. The summed E-state index contributed by atoms with van der Waals surface area (Å²) in [4.78, 5) is 19.4. The summed E-state index contributed by atoms with van der Waals surface area (Å²) in [6.45, 7) is 9.42. The van der Waals surface area contributed by atoms with Crippen LogP contribution in [0.25, 0.3) is 0 Å². The van der Waals surface area contributed by atoms with E-state index < -0.39 is 0 Å². The molecule has 0 saturated carbocycles. The number of aromatic nitrogens is 2. The lowest BCUT2D eigenvalue weighted by Gasteiger charge is -2.30. The minimum Gasteiger partial charge on any atom is -0.381 e. The van der Waals surface area contributed by atoms with Crippen LogP contribution in [0.4, 0.5) is 0 Å². The monoisotopic (exact) mass is 383 g/mol. The molecule has 1 aromatic carbocycles. The van der Waals surface area contributed by atoms with Gasteiger partial charge in [-0.05, 0) is 42.4 Å². The van der Waals surface area contributed by atoms with Gasteiger partial charge in [-0.15, -0.1) is 0 Å². The number of ether oxygens (including phenoxy) is 1. The summed E-state index contributed by atoms with van der Waals surface area (Å²) < 4.78 is 10.9. The summed E-state index contributed by atoms with van der Waals surface area (Å²) in [5.41, 5.74) is 2.09. The molecule has 2 aromatic rings. The van der Waals surface area contributed by atoms with Crippen molar-refractivity contribution >= 4 is 5.91 Å². The van der Waals surface area contributed by atoms with Crippen molar-refractivity contribution in [2.75, 3.05) is 26.3 Å². The van der Waals surface area contributed by atoms with Crippen molar-refractivity contribution in [3.05, 3.63) is 47.1 Å². The summed E-state index contributed by atoms with van der Waals surface area (Å²) >= 11 is 0. The normalized spacial score (nSPS) is 21.2. The summed E-state index contributed by atoms with van der Waals surface area (Å²) in [7, 11) is 0. The average Bonchev–Trinajstić information content (AvgIpc) is 3.38. The molecule has 0 bridgehead atoms. The maximum atomic E-state index is 12.8. The van der Waals surface area contributed by atoms with Crippen LogP contribution in [-0.4, -0.2) is 47.3 Å². The van der Waals surface area contributed by atoms with Crippen molar-refractivity contribution in [1.29, 1.82) is 0 Å². The van der Waals surface area contributed by atoms with E-state index in [0.29, 0.717) is 12.5 Å². The molecule has 2 saturated heterocycles. The molecule has 2 aliphatic heterocycles. The van der Waals surface area contributed by atoms with E-state index in [4.69, 9.17) is 9.26 Å². The zero-order valence-electron chi connectivity index (χ0n) is 17.0. The molecule has 3 heterocycles. The van der Waals surface area contributed by atoms with Crippen LogP contribution in [0.15, 0.2) is 28.8 Å². The summed E-state index contributed by atoms with van der Waals surface area (Å²) in [6.07, 6.45) is 2.67. The Morgan fingerprint density at radius 1 is 1.07 bits per heavy atom. The number of rotatable bonds is 3. The molecule has 6 nitrogen and oxygen atoms in total. The first-order valence-corrected chi connectivity index (χ1v) is 10.2. The number of carbonyl (C=O) groups excluding carboxylic acids is 1. The summed E-state index contributed by atoms with van der Waals surface area (Å²) in [5.74, 6) is 2.08. The first-order chi connectivity index (χ1) is 13.4. The van der Waals surface area contributed by atoms with Crippen LogP contribution in [-0.2, 0) is 10.2 Å². The summed E-state index contributed by atoms with van der Waals surface area (Å²) in [6, 6.07) is 8.02. The Bertz CT molecular complexity index is 808. The molecule has 1 amide bonds. The number of hydrogen-bond donors (Lipinski definition) is 0. The van der Waals surface area contributed by atoms with E-state index in [1.165, 1.54) is 5.56 Å². The highest BCUT2D eigenvalue weighted by Crippen LogP contribution is 2.30. The van der Waals surface area contributed by atoms with Gasteiger partial charge in [-0.25, -0.2) is 0 Å². The summed E-state index contributed by atoms with van der Waals surface area (Å²) in [5, 5.41) is 4.16. The van der Waals surface area contributed by atoms with Gasteiger partial charge in [-0.2, -0.15) is 4.98 Å². The van der Waals surface area contributed by atoms with Crippen LogP contribution >= 0.6 is 0 Å². The minimum absolute atomic E-state index is 0.0907. The highest BCUT2D eigenvalue weighted by Gasteiger charge is 2.30. The number of hydrogen-bond acceptors (Lipinski definition) is 5. The van der Waals surface area contributed by atoms with E-state index in [9.17, 15) is 4.79 Å². The van der Waals surface area contributed by atoms with Crippen molar-refractivity contribution in [3.63, 3.8) is 0 Å². The minimum atomic E-state index is 0.0907. The molecular formula is C22H29N3O3. The van der Waals surface area contributed by atoms with E-state index in [0.717, 1.165) is 50.3 Å². The fourth-order valence-electron chi connectivity index (χ4n) is 3.94. The lowest BCUT2D eigenvalue weighted by Crippen LogP contribution is -2.38. The molecule has 0 spiro atoms. The van der Waals surface area contributed by atoms with Gasteiger partial charge < -0.3 is 14.2 Å². The molecule has 0 N–H and O–H groups in total. The predicted molar refractivity (Wildman–Crippen MR) is 105 cm³/mol. The predicted octanol–water partition coefficient (Wildman–Crippen LogP) is 3.89. The van der Waals surface area contributed by atoms with Gasteiger partial charge in [0.1, 0.15) is 0 Å². The smallest absolute Gasteiger partial charge is 0.253 e. The molecule has 1 atom stereocenters. The number of nitrogens with zero attached hydrogens (tertiary/aromatic N) is 3. The van der Waals surface area contributed by atoms with Gasteiger partial charge in [0, 0.05) is 37.1 Å². The second-order valence-electron chi connectivity index (χ2n) is 8.95. The van der Waals surface area contributed by atoms with Crippen LogP contribution in [0.2, 0.25) is 0 Å². The second kappa shape index (κ2) is 7.66. The van der Waals surface area contributed by atoms with E-state index in [1.54, 1.807) is 0 Å². The molecule has 2 aliphatic rings. The SMILES string of the molecule is CC(C)(C)c1ccc(C(=O)N2CCC(c3nc([C@@H]4CCOC4)no3)CC2)cc1. The fourth-order valence-corrected chi connectivity index (χ4v) is 3.94. The fraction of sp³-hybridized carbons (Fsp3) is 0.591. The van der Waals surface area contributed by atoms with E-state index in [-0.39, 0.29) is 23.2 Å².